The van der Waals surface area contributed by atoms with Crippen LogP contribution < -0.4 is 20.7 Å². The van der Waals surface area contributed by atoms with Gasteiger partial charge in [0.15, 0.2) is 6.61 Å². The molecular formula is C23H26ClN7O3. The summed E-state index contributed by atoms with van der Waals surface area (Å²) >= 11 is 6.31. The molecule has 1 fully saturated rings. The third-order valence-electron chi connectivity index (χ3n) is 6.26. The normalized spacial score (nSPS) is 22.7. The molecule has 10 nitrogen and oxygen atoms in total. The van der Waals surface area contributed by atoms with Crippen molar-refractivity contribution >= 4 is 46.3 Å². The van der Waals surface area contributed by atoms with Crippen LogP contribution in [0.15, 0.2) is 30.7 Å². The molecule has 3 N–H and O–H groups in total. The van der Waals surface area contributed by atoms with Crippen LogP contribution in [-0.2, 0) is 9.59 Å². The first-order valence-electron chi connectivity index (χ1n) is 11.3. The topological polar surface area (TPSA) is 112 Å². The van der Waals surface area contributed by atoms with Gasteiger partial charge in [-0.2, -0.15) is 0 Å². The van der Waals surface area contributed by atoms with Crippen molar-refractivity contribution in [2.75, 3.05) is 55.8 Å². The van der Waals surface area contributed by atoms with Crippen molar-refractivity contribution in [1.29, 1.82) is 0 Å². The maximum absolute atomic E-state index is 12.9. The molecule has 0 unspecified atom stereocenters. The number of rotatable bonds is 0. The van der Waals surface area contributed by atoms with Gasteiger partial charge in [-0.3, -0.25) is 9.59 Å². The number of hydrogen-bond donors (Lipinski definition) is 3. The van der Waals surface area contributed by atoms with E-state index in [0.717, 1.165) is 32.5 Å². The minimum Gasteiger partial charge on any atom is -0.482 e. The number of ether oxygens (including phenoxy) is 1. The van der Waals surface area contributed by atoms with E-state index in [0.29, 0.717) is 45.8 Å². The first-order chi connectivity index (χ1) is 16.5. The van der Waals surface area contributed by atoms with Crippen molar-refractivity contribution in [2.45, 2.75) is 18.9 Å². The highest BCUT2D eigenvalue weighted by Gasteiger charge is 2.31. The standard InChI is InChI=1S/C23H26ClN7O3/c1-30-8-6-25-21-20-16(23(33)29-22(20)28-13-27-21)10-26-14-4-5-17(24)18(9-14)34-12-19(32)31-7-2-3-15(31)11-30/h4-5,9-10,13,15,26H,2-3,6-8,11-12H2,1H3,(H2,25,27,28,29,33)/b16-10-/t15-/m1/s1. The summed E-state index contributed by atoms with van der Waals surface area (Å²) < 4.78 is 5.80. The minimum atomic E-state index is -0.269. The van der Waals surface area contributed by atoms with Gasteiger partial charge in [0.1, 0.15) is 23.7 Å². The average molecular weight is 484 g/mol. The Bertz CT molecular complexity index is 1160. The lowest BCUT2D eigenvalue weighted by atomic mass is 10.1. The first kappa shape index (κ1) is 22.4. The molecule has 1 saturated heterocycles. The van der Waals surface area contributed by atoms with Crippen LogP contribution in [0, 0.1) is 0 Å². The molecule has 0 radical (unpaired) electrons. The Balaban J connectivity index is 1.48. The molecule has 2 amide bonds. The molecule has 2 bridgehead atoms. The van der Waals surface area contributed by atoms with Gasteiger partial charge in [0.25, 0.3) is 11.8 Å². The van der Waals surface area contributed by atoms with Crippen LogP contribution in [0.3, 0.4) is 0 Å². The van der Waals surface area contributed by atoms with Gasteiger partial charge in [-0.15, -0.1) is 0 Å². The first-order valence-corrected chi connectivity index (χ1v) is 11.6. The van der Waals surface area contributed by atoms with E-state index in [9.17, 15) is 9.59 Å². The SMILES string of the molecule is CN1CCNc2ncnc3c2/C(=C/Nc2ccc(Cl)c(c2)OCC(=O)N2CCC[C@@H]2C1)C(=O)N3. The van der Waals surface area contributed by atoms with Crippen LogP contribution >= 0.6 is 11.6 Å². The number of fused-ring (bicyclic) bond motifs is 3. The molecule has 178 valence electrons. The largest absolute Gasteiger partial charge is 0.482 e. The molecule has 1 aromatic carbocycles. The number of carbonyl (C=O) groups excluding carboxylic acids is 2. The highest BCUT2D eigenvalue weighted by Crippen LogP contribution is 2.35. The average Bonchev–Trinajstić information content (AvgIpc) is 3.40. The number of aromatic nitrogens is 2. The molecule has 0 spiro atoms. The van der Waals surface area contributed by atoms with E-state index in [2.05, 4.69) is 30.8 Å². The fraction of sp³-hybridized carbons (Fsp3) is 0.391. The van der Waals surface area contributed by atoms with Gasteiger partial charge in [0.05, 0.1) is 16.2 Å². The predicted molar refractivity (Wildman–Crippen MR) is 130 cm³/mol. The lowest BCUT2D eigenvalue weighted by Gasteiger charge is -2.29. The Morgan fingerprint density at radius 1 is 1.18 bits per heavy atom. The van der Waals surface area contributed by atoms with Gasteiger partial charge in [-0.1, -0.05) is 11.6 Å². The van der Waals surface area contributed by atoms with E-state index in [1.54, 1.807) is 24.4 Å². The minimum absolute atomic E-state index is 0.0486. The number of nitrogens with one attached hydrogen (secondary N) is 3. The number of carbonyl (C=O) groups is 2. The Morgan fingerprint density at radius 2 is 2.03 bits per heavy atom. The van der Waals surface area contributed by atoms with E-state index in [1.165, 1.54) is 6.33 Å². The van der Waals surface area contributed by atoms with E-state index in [1.807, 2.05) is 11.9 Å². The molecular weight excluding hydrogens is 458 g/mol. The molecule has 4 heterocycles. The van der Waals surface area contributed by atoms with Crippen molar-refractivity contribution < 1.29 is 14.3 Å². The number of amides is 2. The maximum atomic E-state index is 12.9. The number of anilines is 3. The van der Waals surface area contributed by atoms with Crippen molar-refractivity contribution in [2.24, 2.45) is 0 Å². The van der Waals surface area contributed by atoms with E-state index < -0.39 is 0 Å². The lowest BCUT2D eigenvalue weighted by molar-refractivity contribution is -0.134. The fourth-order valence-corrected chi connectivity index (χ4v) is 4.72. The number of halogens is 1. The monoisotopic (exact) mass is 483 g/mol. The molecule has 11 heteroatoms. The van der Waals surface area contributed by atoms with Gasteiger partial charge in [0, 0.05) is 50.2 Å². The summed E-state index contributed by atoms with van der Waals surface area (Å²) in [4.78, 5) is 38.2. The predicted octanol–water partition coefficient (Wildman–Crippen LogP) is 2.26. The van der Waals surface area contributed by atoms with E-state index in [4.69, 9.17) is 16.3 Å². The van der Waals surface area contributed by atoms with Crippen LogP contribution in [-0.4, -0.2) is 77.5 Å². The molecule has 5 rings (SSSR count). The molecule has 3 aliphatic rings. The molecule has 34 heavy (non-hydrogen) atoms. The van der Waals surface area contributed by atoms with Crippen LogP contribution in [0.1, 0.15) is 18.4 Å². The van der Waals surface area contributed by atoms with Crippen LogP contribution in [0.25, 0.3) is 5.57 Å². The summed E-state index contributed by atoms with van der Waals surface area (Å²) in [6.07, 6.45) is 4.98. The molecule has 1 atom stereocenters. The Kier molecular flexibility index (Phi) is 6.25. The third-order valence-corrected chi connectivity index (χ3v) is 6.58. The molecule has 1 aromatic heterocycles. The van der Waals surface area contributed by atoms with Crippen molar-refractivity contribution in [3.05, 3.63) is 41.3 Å². The second kappa shape index (κ2) is 9.47. The summed E-state index contributed by atoms with van der Waals surface area (Å²) in [6.45, 7) is 2.78. The molecule has 2 aromatic rings. The van der Waals surface area contributed by atoms with Gasteiger partial charge >= 0.3 is 0 Å². The van der Waals surface area contributed by atoms with E-state index >= 15 is 0 Å². The summed E-state index contributed by atoms with van der Waals surface area (Å²) in [5, 5.41) is 9.66. The van der Waals surface area contributed by atoms with Crippen LogP contribution in [0.4, 0.5) is 17.3 Å². The van der Waals surface area contributed by atoms with Crippen LogP contribution in [0.2, 0.25) is 5.02 Å². The van der Waals surface area contributed by atoms with Gasteiger partial charge in [0.2, 0.25) is 0 Å². The fourth-order valence-electron chi connectivity index (χ4n) is 4.55. The number of nitrogens with zero attached hydrogens (tertiary/aromatic N) is 4. The Hall–Kier alpha value is -3.37. The molecule has 0 saturated carbocycles. The Morgan fingerprint density at radius 3 is 2.91 bits per heavy atom. The highest BCUT2D eigenvalue weighted by atomic mass is 35.5. The number of benzene rings is 1. The zero-order valence-corrected chi connectivity index (χ0v) is 19.6. The summed E-state index contributed by atoms with van der Waals surface area (Å²) in [6, 6.07) is 5.31. The second-order valence-electron chi connectivity index (χ2n) is 8.61. The zero-order chi connectivity index (χ0) is 23.7. The van der Waals surface area contributed by atoms with Gasteiger partial charge in [-0.25, -0.2) is 9.97 Å². The highest BCUT2D eigenvalue weighted by molar-refractivity contribution is 6.33. The summed E-state index contributed by atoms with van der Waals surface area (Å²) in [5.74, 6) is 1.14. The van der Waals surface area contributed by atoms with Crippen molar-refractivity contribution in [3.8, 4) is 5.75 Å². The summed E-state index contributed by atoms with van der Waals surface area (Å²) in [5.41, 5.74) is 1.71. The maximum Gasteiger partial charge on any atom is 0.260 e. The van der Waals surface area contributed by atoms with Crippen LogP contribution in [0.5, 0.6) is 5.75 Å². The number of likely N-dealkylation sites (N-methyl/N-ethyl adjacent to an activating group) is 1. The van der Waals surface area contributed by atoms with Crippen molar-refractivity contribution in [3.63, 3.8) is 0 Å². The smallest absolute Gasteiger partial charge is 0.260 e. The van der Waals surface area contributed by atoms with Crippen molar-refractivity contribution in [1.82, 2.24) is 19.8 Å². The van der Waals surface area contributed by atoms with Gasteiger partial charge in [-0.05, 0) is 32.0 Å². The quantitative estimate of drug-likeness (QED) is 0.523. The lowest BCUT2D eigenvalue weighted by Crippen LogP contribution is -2.44. The second-order valence-corrected chi connectivity index (χ2v) is 9.02. The van der Waals surface area contributed by atoms with E-state index in [-0.39, 0.29) is 24.5 Å². The zero-order valence-electron chi connectivity index (χ0n) is 18.8. The Labute approximate surface area is 202 Å². The summed E-state index contributed by atoms with van der Waals surface area (Å²) in [7, 11) is 2.04. The number of hydrogen-bond acceptors (Lipinski definition) is 8. The molecule has 0 aliphatic carbocycles. The third kappa shape index (κ3) is 4.51. The van der Waals surface area contributed by atoms with Gasteiger partial charge < -0.3 is 30.5 Å². The molecule has 3 aliphatic heterocycles.